The van der Waals surface area contributed by atoms with Crippen LogP contribution in [0.2, 0.25) is 0 Å². The number of nitrogens with zero attached hydrogens (tertiary/aromatic N) is 2. The summed E-state index contributed by atoms with van der Waals surface area (Å²) in [5, 5.41) is 4.75. The van der Waals surface area contributed by atoms with Gasteiger partial charge in [0.15, 0.2) is 0 Å². The molecule has 2 heterocycles. The molecule has 8 nitrogen and oxygen atoms in total. The number of nitrogens with one attached hydrogen (secondary N) is 2. The third-order valence-electron chi connectivity index (χ3n) is 4.68. The Morgan fingerprint density at radius 1 is 1.24 bits per heavy atom. The zero-order chi connectivity index (χ0) is 21.4. The van der Waals surface area contributed by atoms with Crippen molar-refractivity contribution in [2.45, 2.75) is 25.6 Å². The highest BCUT2D eigenvalue weighted by Crippen LogP contribution is 2.38. The van der Waals surface area contributed by atoms with Gasteiger partial charge in [-0.15, -0.1) is 0 Å². The molecular weight excluding hydrogens is 393 g/mol. The Labute approximate surface area is 165 Å². The van der Waals surface area contributed by atoms with E-state index in [4.69, 9.17) is 4.74 Å². The van der Waals surface area contributed by atoms with Crippen LogP contribution in [0.25, 0.3) is 0 Å². The van der Waals surface area contributed by atoms with Crippen LogP contribution in [0.4, 0.5) is 29.3 Å². The van der Waals surface area contributed by atoms with E-state index < -0.39 is 41.7 Å². The van der Waals surface area contributed by atoms with Crippen molar-refractivity contribution in [3.8, 4) is 0 Å². The molecule has 1 aromatic rings. The largest absolute Gasteiger partial charge is 0.418 e. The number of benzene rings is 1. The molecule has 2 aliphatic rings. The fourth-order valence-electron chi connectivity index (χ4n) is 3.23. The first-order valence-corrected chi connectivity index (χ1v) is 8.97. The molecule has 0 bridgehead atoms. The molecular formula is C18H21F3N4O4. The van der Waals surface area contributed by atoms with Gasteiger partial charge in [-0.25, -0.2) is 4.79 Å². The Morgan fingerprint density at radius 2 is 1.90 bits per heavy atom. The predicted molar refractivity (Wildman–Crippen MR) is 97.4 cm³/mol. The molecule has 11 heteroatoms. The van der Waals surface area contributed by atoms with E-state index in [0.717, 1.165) is 11.0 Å². The van der Waals surface area contributed by atoms with E-state index >= 15 is 0 Å². The van der Waals surface area contributed by atoms with Gasteiger partial charge in [-0.1, -0.05) is 0 Å². The van der Waals surface area contributed by atoms with Crippen molar-refractivity contribution in [2.75, 3.05) is 43.1 Å². The van der Waals surface area contributed by atoms with E-state index in [-0.39, 0.29) is 11.4 Å². The first kappa shape index (κ1) is 20.9. The van der Waals surface area contributed by atoms with Gasteiger partial charge in [0.05, 0.1) is 18.8 Å². The number of carbonyl (C=O) groups excluding carboxylic acids is 3. The van der Waals surface area contributed by atoms with Crippen LogP contribution in [0, 0.1) is 0 Å². The summed E-state index contributed by atoms with van der Waals surface area (Å²) in [4.78, 5) is 38.5. The number of hydrogen-bond acceptors (Lipinski definition) is 5. The summed E-state index contributed by atoms with van der Waals surface area (Å²) in [5.74, 6) is -1.37. The molecule has 2 saturated heterocycles. The van der Waals surface area contributed by atoms with Crippen molar-refractivity contribution >= 4 is 29.2 Å². The van der Waals surface area contributed by atoms with Crippen LogP contribution in [-0.4, -0.2) is 61.1 Å². The predicted octanol–water partition coefficient (Wildman–Crippen LogP) is 1.81. The van der Waals surface area contributed by atoms with Crippen molar-refractivity contribution in [2.24, 2.45) is 0 Å². The molecule has 0 unspecified atom stereocenters. The van der Waals surface area contributed by atoms with Crippen LogP contribution in [-0.2, 0) is 20.5 Å². The van der Waals surface area contributed by atoms with Gasteiger partial charge < -0.3 is 20.3 Å². The third-order valence-corrected chi connectivity index (χ3v) is 4.68. The van der Waals surface area contributed by atoms with Crippen molar-refractivity contribution in [3.05, 3.63) is 23.8 Å². The summed E-state index contributed by atoms with van der Waals surface area (Å²) in [6, 6.07) is 2.76. The highest BCUT2D eigenvalue weighted by Gasteiger charge is 2.45. The molecule has 0 atom stereocenters. The van der Waals surface area contributed by atoms with Gasteiger partial charge in [-0.05, 0) is 32.0 Å². The van der Waals surface area contributed by atoms with Crippen molar-refractivity contribution in [1.29, 1.82) is 0 Å². The zero-order valence-electron chi connectivity index (χ0n) is 15.9. The molecule has 29 heavy (non-hydrogen) atoms. The van der Waals surface area contributed by atoms with Gasteiger partial charge in [0, 0.05) is 24.5 Å². The Morgan fingerprint density at radius 3 is 2.45 bits per heavy atom. The Kier molecular flexibility index (Phi) is 5.44. The second kappa shape index (κ2) is 7.54. The van der Waals surface area contributed by atoms with Crippen LogP contribution in [0.3, 0.4) is 0 Å². The molecule has 2 fully saturated rings. The number of rotatable bonds is 4. The standard InChI is InChI=1S/C18H21F3N4O4/c1-17(2)15(27)25(16(28)23-17)10-14(26)22-11-3-4-13(12(9-11)18(19,20)21)24-5-7-29-8-6-24/h3-4,9H,5-8,10H2,1-2H3,(H,22,26)(H,23,28). The maximum atomic E-state index is 13.6. The molecule has 0 spiro atoms. The smallest absolute Gasteiger partial charge is 0.378 e. The second-order valence-electron chi connectivity index (χ2n) is 7.32. The molecule has 158 valence electrons. The SMILES string of the molecule is CC1(C)NC(=O)N(CC(=O)Nc2ccc(N3CCOCC3)c(C(F)(F)F)c2)C1=O. The molecule has 1 aromatic carbocycles. The molecule has 0 aliphatic carbocycles. The number of imide groups is 1. The Bertz CT molecular complexity index is 835. The van der Waals surface area contributed by atoms with Crippen LogP contribution in [0.1, 0.15) is 19.4 Å². The van der Waals surface area contributed by atoms with Gasteiger partial charge in [0.25, 0.3) is 5.91 Å². The van der Waals surface area contributed by atoms with E-state index in [1.165, 1.54) is 26.0 Å². The normalized spacial score (nSPS) is 19.3. The number of urea groups is 1. The van der Waals surface area contributed by atoms with Crippen molar-refractivity contribution < 1.29 is 32.3 Å². The first-order valence-electron chi connectivity index (χ1n) is 8.97. The van der Waals surface area contributed by atoms with Crippen LogP contribution >= 0.6 is 0 Å². The fourth-order valence-corrected chi connectivity index (χ4v) is 3.23. The zero-order valence-corrected chi connectivity index (χ0v) is 15.9. The lowest BCUT2D eigenvalue weighted by Gasteiger charge is -2.31. The number of morpholine rings is 1. The minimum atomic E-state index is -4.62. The van der Waals surface area contributed by atoms with E-state index in [0.29, 0.717) is 26.3 Å². The van der Waals surface area contributed by atoms with Gasteiger partial charge in [-0.2, -0.15) is 13.2 Å². The van der Waals surface area contributed by atoms with Crippen molar-refractivity contribution in [1.82, 2.24) is 10.2 Å². The number of amides is 4. The molecule has 0 aromatic heterocycles. The molecule has 0 radical (unpaired) electrons. The highest BCUT2D eigenvalue weighted by atomic mass is 19.4. The number of halogens is 3. The number of ether oxygens (including phenoxy) is 1. The van der Waals surface area contributed by atoms with Gasteiger partial charge in [0.2, 0.25) is 5.91 Å². The highest BCUT2D eigenvalue weighted by molar-refractivity contribution is 6.09. The van der Waals surface area contributed by atoms with E-state index in [2.05, 4.69) is 10.6 Å². The number of carbonyl (C=O) groups is 3. The lowest BCUT2D eigenvalue weighted by Crippen LogP contribution is -2.41. The number of hydrogen-bond donors (Lipinski definition) is 2. The van der Waals surface area contributed by atoms with Crippen LogP contribution < -0.4 is 15.5 Å². The second-order valence-corrected chi connectivity index (χ2v) is 7.32. The molecule has 2 aliphatic heterocycles. The van der Waals surface area contributed by atoms with Gasteiger partial charge in [0.1, 0.15) is 12.1 Å². The minimum absolute atomic E-state index is 0.00893. The summed E-state index contributed by atoms with van der Waals surface area (Å²) in [5.41, 5.74) is -2.09. The van der Waals surface area contributed by atoms with E-state index in [9.17, 15) is 27.6 Å². The quantitative estimate of drug-likeness (QED) is 0.734. The molecule has 4 amide bonds. The average Bonchev–Trinajstić information content (AvgIpc) is 2.83. The summed E-state index contributed by atoms with van der Waals surface area (Å²) in [7, 11) is 0. The maximum Gasteiger partial charge on any atom is 0.418 e. The third kappa shape index (κ3) is 4.44. The van der Waals surface area contributed by atoms with Gasteiger partial charge >= 0.3 is 12.2 Å². The summed E-state index contributed by atoms with van der Waals surface area (Å²) < 4.78 is 45.9. The molecule has 0 saturated carbocycles. The lowest BCUT2D eigenvalue weighted by atomic mass is 10.1. The Balaban J connectivity index is 1.76. The number of alkyl halides is 3. The monoisotopic (exact) mass is 414 g/mol. The summed E-state index contributed by atoms with van der Waals surface area (Å²) in [6.45, 7) is 3.71. The lowest BCUT2D eigenvalue weighted by molar-refractivity contribution is -0.137. The van der Waals surface area contributed by atoms with Crippen molar-refractivity contribution in [3.63, 3.8) is 0 Å². The Hall–Kier alpha value is -2.82. The van der Waals surface area contributed by atoms with E-state index in [1.54, 1.807) is 4.90 Å². The number of anilines is 2. The topological polar surface area (TPSA) is 91.0 Å². The van der Waals surface area contributed by atoms with E-state index in [1.807, 2.05) is 0 Å². The minimum Gasteiger partial charge on any atom is -0.378 e. The summed E-state index contributed by atoms with van der Waals surface area (Å²) >= 11 is 0. The summed E-state index contributed by atoms with van der Waals surface area (Å²) in [6.07, 6.45) is -4.62. The first-order chi connectivity index (χ1) is 13.5. The van der Waals surface area contributed by atoms with Crippen LogP contribution in [0.15, 0.2) is 18.2 Å². The molecule has 3 rings (SSSR count). The van der Waals surface area contributed by atoms with Crippen LogP contribution in [0.5, 0.6) is 0 Å². The maximum absolute atomic E-state index is 13.6. The fraction of sp³-hybridized carbons (Fsp3) is 0.500. The van der Waals surface area contributed by atoms with Gasteiger partial charge in [-0.3, -0.25) is 14.5 Å². The molecule has 2 N–H and O–H groups in total. The average molecular weight is 414 g/mol.